The summed E-state index contributed by atoms with van der Waals surface area (Å²) in [6.07, 6.45) is 2.41. The summed E-state index contributed by atoms with van der Waals surface area (Å²) in [6.45, 7) is 2.55. The van der Waals surface area contributed by atoms with Gasteiger partial charge in [0.2, 0.25) is 5.91 Å². The average molecular weight is 263 g/mol. The molecule has 0 bridgehead atoms. The molecule has 1 aliphatic heterocycles. The van der Waals surface area contributed by atoms with Crippen molar-refractivity contribution >= 4 is 5.91 Å². The van der Waals surface area contributed by atoms with Gasteiger partial charge in [0, 0.05) is 6.42 Å². The SMILES string of the molecule is CC(CC(=O)NCC(F)(F)CN)C1CCNCC1. The van der Waals surface area contributed by atoms with Crippen molar-refractivity contribution in [3.8, 4) is 0 Å². The van der Waals surface area contributed by atoms with Gasteiger partial charge in [-0.3, -0.25) is 4.79 Å². The van der Waals surface area contributed by atoms with E-state index >= 15 is 0 Å². The zero-order valence-electron chi connectivity index (χ0n) is 10.8. The molecule has 4 N–H and O–H groups in total. The molecular weight excluding hydrogens is 240 g/mol. The van der Waals surface area contributed by atoms with Gasteiger partial charge in [0.25, 0.3) is 5.92 Å². The molecule has 1 unspecified atom stereocenters. The molecule has 1 fully saturated rings. The van der Waals surface area contributed by atoms with Gasteiger partial charge < -0.3 is 16.4 Å². The maximum Gasteiger partial charge on any atom is 0.277 e. The Morgan fingerprint density at radius 2 is 2.11 bits per heavy atom. The number of piperidine rings is 1. The first-order valence-electron chi connectivity index (χ1n) is 6.50. The summed E-state index contributed by atoms with van der Waals surface area (Å²) in [5.41, 5.74) is 4.90. The first kappa shape index (κ1) is 15.3. The van der Waals surface area contributed by atoms with E-state index in [1.807, 2.05) is 6.92 Å². The van der Waals surface area contributed by atoms with E-state index in [1.165, 1.54) is 0 Å². The summed E-state index contributed by atoms with van der Waals surface area (Å²) in [4.78, 5) is 11.6. The molecule has 0 aromatic heterocycles. The largest absolute Gasteiger partial charge is 0.350 e. The lowest BCUT2D eigenvalue weighted by atomic mass is 9.84. The molecule has 1 atom stereocenters. The number of alkyl halides is 2. The maximum absolute atomic E-state index is 12.9. The van der Waals surface area contributed by atoms with Crippen molar-refractivity contribution in [3.63, 3.8) is 0 Å². The molecule has 1 heterocycles. The van der Waals surface area contributed by atoms with Gasteiger partial charge >= 0.3 is 0 Å². The molecule has 0 aliphatic carbocycles. The zero-order valence-corrected chi connectivity index (χ0v) is 10.8. The third-order valence-electron chi connectivity index (χ3n) is 3.54. The van der Waals surface area contributed by atoms with E-state index in [0.29, 0.717) is 12.3 Å². The molecule has 1 saturated heterocycles. The Morgan fingerprint density at radius 1 is 1.50 bits per heavy atom. The average Bonchev–Trinajstić information content (AvgIpc) is 2.37. The first-order valence-corrected chi connectivity index (χ1v) is 6.50. The van der Waals surface area contributed by atoms with Crippen LogP contribution in [0.25, 0.3) is 0 Å². The van der Waals surface area contributed by atoms with Gasteiger partial charge in [-0.1, -0.05) is 6.92 Å². The van der Waals surface area contributed by atoms with Crippen LogP contribution in [0.5, 0.6) is 0 Å². The molecule has 0 aromatic carbocycles. The van der Waals surface area contributed by atoms with Crippen molar-refractivity contribution in [2.75, 3.05) is 26.2 Å². The topological polar surface area (TPSA) is 67.2 Å². The highest BCUT2D eigenvalue weighted by molar-refractivity contribution is 5.76. The molecule has 1 rings (SSSR count). The standard InChI is InChI=1S/C12H23F2N3O/c1-9(10-2-4-16-5-3-10)6-11(18)17-8-12(13,14)7-15/h9-10,16H,2-8,15H2,1H3,(H,17,18). The third kappa shape index (κ3) is 5.27. The van der Waals surface area contributed by atoms with Crippen LogP contribution in [0.1, 0.15) is 26.2 Å². The molecule has 0 spiro atoms. The van der Waals surface area contributed by atoms with Crippen LogP contribution in [0.3, 0.4) is 0 Å². The zero-order chi connectivity index (χ0) is 13.6. The Balaban J connectivity index is 2.26. The fraction of sp³-hybridized carbons (Fsp3) is 0.917. The number of carbonyl (C=O) groups excluding carboxylic acids is 1. The normalized spacial score (nSPS) is 19.6. The number of carbonyl (C=O) groups is 1. The number of halogens is 2. The van der Waals surface area contributed by atoms with E-state index in [1.54, 1.807) is 0 Å². The Kier molecular flexibility index (Phi) is 5.95. The molecule has 4 nitrogen and oxygen atoms in total. The molecule has 1 amide bonds. The number of hydrogen-bond acceptors (Lipinski definition) is 3. The van der Waals surface area contributed by atoms with E-state index in [0.717, 1.165) is 25.9 Å². The second kappa shape index (κ2) is 6.99. The summed E-state index contributed by atoms with van der Waals surface area (Å²) in [6, 6.07) is 0. The van der Waals surface area contributed by atoms with Crippen molar-refractivity contribution in [3.05, 3.63) is 0 Å². The van der Waals surface area contributed by atoms with Gasteiger partial charge in [-0.25, -0.2) is 8.78 Å². The van der Waals surface area contributed by atoms with Gasteiger partial charge in [-0.05, 0) is 37.8 Å². The van der Waals surface area contributed by atoms with E-state index < -0.39 is 19.0 Å². The lowest BCUT2D eigenvalue weighted by molar-refractivity contribution is -0.124. The van der Waals surface area contributed by atoms with E-state index in [9.17, 15) is 13.6 Å². The molecule has 0 saturated carbocycles. The van der Waals surface area contributed by atoms with Crippen LogP contribution in [-0.4, -0.2) is 38.0 Å². The summed E-state index contributed by atoms with van der Waals surface area (Å²) in [5.74, 6) is -2.58. The summed E-state index contributed by atoms with van der Waals surface area (Å²) < 4.78 is 25.7. The van der Waals surface area contributed by atoms with Crippen molar-refractivity contribution < 1.29 is 13.6 Å². The van der Waals surface area contributed by atoms with Crippen molar-refractivity contribution in [2.24, 2.45) is 17.6 Å². The fourth-order valence-electron chi connectivity index (χ4n) is 2.24. The maximum atomic E-state index is 12.9. The van der Waals surface area contributed by atoms with E-state index in [4.69, 9.17) is 5.73 Å². The summed E-state index contributed by atoms with van der Waals surface area (Å²) in [7, 11) is 0. The minimum atomic E-state index is -3.01. The van der Waals surface area contributed by atoms with Crippen LogP contribution in [0.15, 0.2) is 0 Å². The Bertz CT molecular complexity index is 268. The molecule has 0 aromatic rings. The Labute approximate surface area is 107 Å². The minimum Gasteiger partial charge on any atom is -0.350 e. The lowest BCUT2D eigenvalue weighted by Crippen LogP contribution is -2.42. The van der Waals surface area contributed by atoms with Crippen LogP contribution >= 0.6 is 0 Å². The second-order valence-electron chi connectivity index (χ2n) is 5.11. The summed E-state index contributed by atoms with van der Waals surface area (Å²) in [5, 5.41) is 5.52. The number of amides is 1. The highest BCUT2D eigenvalue weighted by Gasteiger charge is 2.28. The van der Waals surface area contributed by atoms with E-state index in [-0.39, 0.29) is 11.8 Å². The Hall–Kier alpha value is -0.750. The highest BCUT2D eigenvalue weighted by Crippen LogP contribution is 2.24. The van der Waals surface area contributed by atoms with Gasteiger partial charge in [0.1, 0.15) is 0 Å². The lowest BCUT2D eigenvalue weighted by Gasteiger charge is -2.28. The number of rotatable bonds is 6. The van der Waals surface area contributed by atoms with Crippen molar-refractivity contribution in [1.29, 1.82) is 0 Å². The number of nitrogens with two attached hydrogens (primary N) is 1. The van der Waals surface area contributed by atoms with Crippen LogP contribution in [0, 0.1) is 11.8 Å². The van der Waals surface area contributed by atoms with Gasteiger partial charge in [-0.2, -0.15) is 0 Å². The van der Waals surface area contributed by atoms with Crippen LogP contribution in [0.2, 0.25) is 0 Å². The van der Waals surface area contributed by atoms with Crippen molar-refractivity contribution in [1.82, 2.24) is 10.6 Å². The molecule has 6 heteroatoms. The molecular formula is C12H23F2N3O. The number of hydrogen-bond donors (Lipinski definition) is 3. The van der Waals surface area contributed by atoms with Gasteiger partial charge in [-0.15, -0.1) is 0 Å². The quantitative estimate of drug-likeness (QED) is 0.661. The number of nitrogens with one attached hydrogen (secondary N) is 2. The first-order chi connectivity index (χ1) is 8.44. The highest BCUT2D eigenvalue weighted by atomic mass is 19.3. The second-order valence-corrected chi connectivity index (χ2v) is 5.11. The monoisotopic (exact) mass is 263 g/mol. The molecule has 18 heavy (non-hydrogen) atoms. The smallest absolute Gasteiger partial charge is 0.277 e. The Morgan fingerprint density at radius 3 is 2.67 bits per heavy atom. The van der Waals surface area contributed by atoms with E-state index in [2.05, 4.69) is 10.6 Å². The van der Waals surface area contributed by atoms with Gasteiger partial charge in [0.05, 0.1) is 13.1 Å². The van der Waals surface area contributed by atoms with Crippen LogP contribution in [-0.2, 0) is 4.79 Å². The molecule has 1 aliphatic rings. The third-order valence-corrected chi connectivity index (χ3v) is 3.54. The molecule has 0 radical (unpaired) electrons. The minimum absolute atomic E-state index is 0.235. The predicted octanol–water partition coefficient (Wildman–Crippen LogP) is 0.722. The van der Waals surface area contributed by atoms with Crippen LogP contribution in [0.4, 0.5) is 8.78 Å². The van der Waals surface area contributed by atoms with Crippen LogP contribution < -0.4 is 16.4 Å². The van der Waals surface area contributed by atoms with Gasteiger partial charge in [0.15, 0.2) is 0 Å². The van der Waals surface area contributed by atoms with Crippen molar-refractivity contribution in [2.45, 2.75) is 32.1 Å². The predicted molar refractivity (Wildman–Crippen MR) is 66.4 cm³/mol. The summed E-state index contributed by atoms with van der Waals surface area (Å²) >= 11 is 0. The molecule has 106 valence electrons. The fourth-order valence-corrected chi connectivity index (χ4v) is 2.24.